The van der Waals surface area contributed by atoms with E-state index in [0.29, 0.717) is 43.7 Å². The second-order valence-electron chi connectivity index (χ2n) is 9.17. The van der Waals surface area contributed by atoms with Crippen molar-refractivity contribution in [2.24, 2.45) is 5.92 Å². The number of carbonyl (C=O) groups excluding carboxylic acids is 2. The van der Waals surface area contributed by atoms with Crippen LogP contribution in [-0.4, -0.2) is 48.6 Å². The molecule has 1 N–H and O–H groups in total. The topological polar surface area (TPSA) is 86.8 Å². The van der Waals surface area contributed by atoms with E-state index < -0.39 is 16.1 Å². The number of fused-ring (bicyclic) bond motifs is 1. The lowest BCUT2D eigenvalue weighted by molar-refractivity contribution is -0.140. The molecular formula is C26H35N3O4S. The van der Waals surface area contributed by atoms with Gasteiger partial charge in [0.25, 0.3) is 0 Å². The summed E-state index contributed by atoms with van der Waals surface area (Å²) in [5.41, 5.74) is 3.11. The van der Waals surface area contributed by atoms with E-state index in [1.165, 1.54) is 10.4 Å². The molecule has 2 aromatic rings. The van der Waals surface area contributed by atoms with E-state index in [1.807, 2.05) is 38.1 Å². The number of aryl methyl sites for hydroxylation is 1. The fraction of sp³-hybridized carbons (Fsp3) is 0.462. The molecule has 1 aliphatic rings. The number of carbonyl (C=O) groups is 2. The smallest absolute Gasteiger partial charge is 0.247 e. The van der Waals surface area contributed by atoms with Gasteiger partial charge in [0.15, 0.2) is 0 Å². The number of sulfonamides is 1. The Bertz CT molecular complexity index is 1160. The Morgan fingerprint density at radius 3 is 2.35 bits per heavy atom. The number of nitrogens with one attached hydrogen (secondary N) is 1. The van der Waals surface area contributed by atoms with E-state index in [1.54, 1.807) is 37.8 Å². The minimum atomic E-state index is -3.68. The Morgan fingerprint density at radius 1 is 1.09 bits per heavy atom. The molecule has 184 valence electrons. The maximum absolute atomic E-state index is 13.4. The second kappa shape index (κ2) is 10.7. The third-order valence-electron chi connectivity index (χ3n) is 6.23. The van der Waals surface area contributed by atoms with Gasteiger partial charge >= 0.3 is 0 Å². The van der Waals surface area contributed by atoms with Crippen LogP contribution in [0.25, 0.3) is 0 Å². The number of nitrogens with zero attached hydrogens (tertiary/aromatic N) is 2. The molecule has 3 rings (SSSR count). The van der Waals surface area contributed by atoms with E-state index in [-0.39, 0.29) is 22.6 Å². The average molecular weight is 486 g/mol. The Kier molecular flexibility index (Phi) is 8.15. The van der Waals surface area contributed by atoms with Crippen LogP contribution in [0.4, 0.5) is 5.69 Å². The van der Waals surface area contributed by atoms with Crippen LogP contribution in [-0.2, 0) is 32.6 Å². The maximum atomic E-state index is 13.4. The first-order chi connectivity index (χ1) is 16.1. The Labute approximate surface area is 203 Å². The molecule has 1 aliphatic heterocycles. The summed E-state index contributed by atoms with van der Waals surface area (Å²) in [5, 5.41) is 2.88. The minimum absolute atomic E-state index is 0.0571. The van der Waals surface area contributed by atoms with Gasteiger partial charge in [-0.15, -0.1) is 0 Å². The van der Waals surface area contributed by atoms with Gasteiger partial charge in [-0.1, -0.05) is 58.0 Å². The molecule has 1 atom stereocenters. The van der Waals surface area contributed by atoms with Crippen molar-refractivity contribution in [1.82, 2.24) is 9.21 Å². The van der Waals surface area contributed by atoms with E-state index in [0.717, 1.165) is 11.1 Å². The Balaban J connectivity index is 1.90. The third kappa shape index (κ3) is 5.50. The van der Waals surface area contributed by atoms with Crippen molar-refractivity contribution in [1.29, 1.82) is 0 Å². The molecule has 34 heavy (non-hydrogen) atoms. The summed E-state index contributed by atoms with van der Waals surface area (Å²) in [7, 11) is -3.68. The Hall–Kier alpha value is -2.71. The highest BCUT2D eigenvalue weighted by Crippen LogP contribution is 2.27. The van der Waals surface area contributed by atoms with Crippen molar-refractivity contribution in [3.8, 4) is 0 Å². The van der Waals surface area contributed by atoms with Gasteiger partial charge in [-0.2, -0.15) is 4.31 Å². The molecule has 0 saturated carbocycles. The first-order valence-corrected chi connectivity index (χ1v) is 13.3. The van der Waals surface area contributed by atoms with Gasteiger partial charge in [0.2, 0.25) is 21.8 Å². The molecule has 0 aliphatic carbocycles. The van der Waals surface area contributed by atoms with E-state index in [9.17, 15) is 18.0 Å². The number of rotatable bonds is 8. The summed E-state index contributed by atoms with van der Waals surface area (Å²) in [6.07, 6.45) is 0.783. The second-order valence-corrected chi connectivity index (χ2v) is 11.1. The van der Waals surface area contributed by atoms with Crippen molar-refractivity contribution >= 4 is 27.5 Å². The maximum Gasteiger partial charge on any atom is 0.247 e. The van der Waals surface area contributed by atoms with Gasteiger partial charge in [-0.25, -0.2) is 8.42 Å². The van der Waals surface area contributed by atoms with Crippen LogP contribution < -0.4 is 5.32 Å². The zero-order chi connectivity index (χ0) is 25.0. The van der Waals surface area contributed by atoms with Crippen molar-refractivity contribution in [3.05, 3.63) is 59.2 Å². The zero-order valence-electron chi connectivity index (χ0n) is 20.7. The molecule has 8 heteroatoms. The normalized spacial score (nSPS) is 16.0. The van der Waals surface area contributed by atoms with Crippen LogP contribution in [0.15, 0.2) is 47.4 Å². The number of benzene rings is 2. The lowest BCUT2D eigenvalue weighted by Crippen LogP contribution is -2.50. The lowest BCUT2D eigenvalue weighted by atomic mass is 9.92. The third-order valence-corrected chi connectivity index (χ3v) is 8.43. The van der Waals surface area contributed by atoms with Crippen LogP contribution in [0.3, 0.4) is 0 Å². The summed E-state index contributed by atoms with van der Waals surface area (Å²) < 4.78 is 27.6. The summed E-state index contributed by atoms with van der Waals surface area (Å²) in [5.74, 6) is -0.196. The molecule has 0 aromatic heterocycles. The number of anilines is 1. The predicted octanol–water partition coefficient (Wildman–Crippen LogP) is 3.96. The van der Waals surface area contributed by atoms with Gasteiger partial charge in [0, 0.05) is 38.2 Å². The summed E-state index contributed by atoms with van der Waals surface area (Å²) in [4.78, 5) is 28.3. The van der Waals surface area contributed by atoms with Crippen LogP contribution in [0.1, 0.15) is 50.8 Å². The SMILES string of the molecule is CCN(CC)S(=O)(=O)c1cc(NC(=O)C2Cc3ccccc3CN2C(=O)CC(C)C)ccc1C. The lowest BCUT2D eigenvalue weighted by Gasteiger charge is -2.36. The molecule has 7 nitrogen and oxygen atoms in total. The van der Waals surface area contributed by atoms with Crippen molar-refractivity contribution in [2.75, 3.05) is 18.4 Å². The van der Waals surface area contributed by atoms with Crippen LogP contribution in [0.5, 0.6) is 0 Å². The van der Waals surface area contributed by atoms with Crippen LogP contribution >= 0.6 is 0 Å². The molecular weight excluding hydrogens is 450 g/mol. The molecule has 0 radical (unpaired) electrons. The molecule has 1 heterocycles. The molecule has 0 bridgehead atoms. The Morgan fingerprint density at radius 2 is 1.74 bits per heavy atom. The van der Waals surface area contributed by atoms with Crippen LogP contribution in [0.2, 0.25) is 0 Å². The summed E-state index contributed by atoms with van der Waals surface area (Å²) in [6.45, 7) is 10.4. The van der Waals surface area contributed by atoms with Crippen molar-refractivity contribution in [2.45, 2.75) is 64.9 Å². The highest BCUT2D eigenvalue weighted by molar-refractivity contribution is 7.89. The molecule has 2 amide bonds. The van der Waals surface area contributed by atoms with Gasteiger partial charge in [-0.05, 0) is 41.7 Å². The largest absolute Gasteiger partial charge is 0.326 e. The predicted molar refractivity (Wildman–Crippen MR) is 134 cm³/mol. The van der Waals surface area contributed by atoms with E-state index >= 15 is 0 Å². The van der Waals surface area contributed by atoms with E-state index in [2.05, 4.69) is 5.32 Å². The van der Waals surface area contributed by atoms with Gasteiger partial charge in [0.05, 0.1) is 4.90 Å². The first kappa shape index (κ1) is 25.9. The zero-order valence-corrected chi connectivity index (χ0v) is 21.5. The van der Waals surface area contributed by atoms with E-state index in [4.69, 9.17) is 0 Å². The molecule has 0 saturated heterocycles. The van der Waals surface area contributed by atoms with Gasteiger partial charge in [0.1, 0.15) is 6.04 Å². The highest BCUT2D eigenvalue weighted by atomic mass is 32.2. The van der Waals surface area contributed by atoms with Crippen LogP contribution in [0, 0.1) is 12.8 Å². The number of amides is 2. The van der Waals surface area contributed by atoms with Gasteiger partial charge < -0.3 is 10.2 Å². The summed E-state index contributed by atoms with van der Waals surface area (Å²) >= 11 is 0. The number of hydrogen-bond acceptors (Lipinski definition) is 4. The fourth-order valence-electron chi connectivity index (χ4n) is 4.37. The summed E-state index contributed by atoms with van der Waals surface area (Å²) in [6, 6.07) is 12.1. The quantitative estimate of drug-likeness (QED) is 0.613. The molecule has 0 fully saturated rings. The first-order valence-electron chi connectivity index (χ1n) is 11.9. The van der Waals surface area contributed by atoms with Crippen molar-refractivity contribution < 1.29 is 18.0 Å². The monoisotopic (exact) mass is 485 g/mol. The fourth-order valence-corrected chi connectivity index (χ4v) is 6.08. The molecule has 0 spiro atoms. The molecule has 1 unspecified atom stereocenters. The highest BCUT2D eigenvalue weighted by Gasteiger charge is 2.35. The van der Waals surface area contributed by atoms with Crippen molar-refractivity contribution in [3.63, 3.8) is 0 Å². The average Bonchev–Trinajstić information content (AvgIpc) is 2.79. The molecule has 2 aromatic carbocycles. The van der Waals surface area contributed by atoms with Gasteiger partial charge in [-0.3, -0.25) is 9.59 Å². The minimum Gasteiger partial charge on any atom is -0.326 e. The standard InChI is InChI=1S/C26H35N3O4S/c1-6-28(7-2)34(32,33)24-16-22(13-12-19(24)5)27-26(31)23-15-20-10-8-9-11-21(20)17-29(23)25(30)14-18(3)4/h8-13,16,18,23H,6-7,14-15,17H2,1-5H3,(H,27,31). The number of hydrogen-bond donors (Lipinski definition) is 1.